The maximum absolute atomic E-state index is 11.8. The molecule has 6 nitrogen and oxygen atoms in total. The first-order valence-electron chi connectivity index (χ1n) is 5.37. The average Bonchev–Trinajstić information content (AvgIpc) is 2.91. The predicted molar refractivity (Wildman–Crippen MR) is 53.5 cm³/mol. The first-order valence-corrected chi connectivity index (χ1v) is 5.37. The Morgan fingerprint density at radius 2 is 2.25 bits per heavy atom. The van der Waals surface area contributed by atoms with Crippen molar-refractivity contribution < 1.29 is 19.5 Å². The van der Waals surface area contributed by atoms with Crippen molar-refractivity contribution in [1.82, 2.24) is 10.6 Å². The van der Waals surface area contributed by atoms with Crippen LogP contribution in [0.1, 0.15) is 26.2 Å². The van der Waals surface area contributed by atoms with Gasteiger partial charge >= 0.3 is 12.0 Å². The van der Waals surface area contributed by atoms with Crippen LogP contribution in [0.4, 0.5) is 4.79 Å². The molecule has 1 heterocycles. The maximum Gasteiger partial charge on any atom is 0.322 e. The molecular weight excluding hydrogens is 212 g/mol. The average molecular weight is 226 g/mol. The molecule has 88 valence electrons. The Balaban J connectivity index is 2.21. The standard InChI is InChI=1S/C10H14N2O4/c1-2-3-10(6-4-5(6)7(13)14)8(15)11-9(16)12-10/h5-6H,2-4H2,1H3,(H,13,14)(H2,11,12,15,16)/t5-,6-,10?/m0/s1. The molecule has 0 bridgehead atoms. The largest absolute Gasteiger partial charge is 0.481 e. The number of hydrogen-bond donors (Lipinski definition) is 3. The number of hydrogen-bond acceptors (Lipinski definition) is 3. The summed E-state index contributed by atoms with van der Waals surface area (Å²) in [5.74, 6) is -2.05. The second-order valence-corrected chi connectivity index (χ2v) is 4.42. The van der Waals surface area contributed by atoms with Gasteiger partial charge in [0.05, 0.1) is 5.92 Å². The van der Waals surface area contributed by atoms with Crippen LogP contribution >= 0.6 is 0 Å². The van der Waals surface area contributed by atoms with Gasteiger partial charge in [-0.25, -0.2) is 4.79 Å². The van der Waals surface area contributed by atoms with Gasteiger partial charge in [0.25, 0.3) is 5.91 Å². The first-order chi connectivity index (χ1) is 7.51. The fraction of sp³-hybridized carbons (Fsp3) is 0.700. The molecule has 3 amide bonds. The molecule has 6 heteroatoms. The Morgan fingerprint density at radius 3 is 2.62 bits per heavy atom. The minimum atomic E-state index is -0.991. The van der Waals surface area contributed by atoms with E-state index in [1.807, 2.05) is 6.92 Å². The number of rotatable bonds is 4. The quantitative estimate of drug-likeness (QED) is 0.592. The van der Waals surface area contributed by atoms with E-state index < -0.39 is 23.5 Å². The topological polar surface area (TPSA) is 95.5 Å². The molecule has 0 aromatic carbocycles. The maximum atomic E-state index is 11.8. The highest BCUT2D eigenvalue weighted by Gasteiger charge is 2.62. The van der Waals surface area contributed by atoms with Gasteiger partial charge in [-0.1, -0.05) is 13.3 Å². The molecule has 16 heavy (non-hydrogen) atoms. The van der Waals surface area contributed by atoms with E-state index in [0.717, 1.165) is 6.42 Å². The summed E-state index contributed by atoms with van der Waals surface area (Å²) in [5.41, 5.74) is -0.991. The molecule has 0 aromatic rings. The lowest BCUT2D eigenvalue weighted by molar-refractivity contribution is -0.139. The van der Waals surface area contributed by atoms with Crippen molar-refractivity contribution in [2.45, 2.75) is 31.7 Å². The van der Waals surface area contributed by atoms with E-state index >= 15 is 0 Å². The lowest BCUT2D eigenvalue weighted by atomic mass is 9.87. The summed E-state index contributed by atoms with van der Waals surface area (Å²) in [7, 11) is 0. The van der Waals surface area contributed by atoms with Crippen LogP contribution in [-0.4, -0.2) is 28.6 Å². The van der Waals surface area contributed by atoms with Crippen molar-refractivity contribution in [1.29, 1.82) is 0 Å². The van der Waals surface area contributed by atoms with Crippen molar-refractivity contribution in [3.05, 3.63) is 0 Å². The summed E-state index contributed by atoms with van der Waals surface area (Å²) >= 11 is 0. The van der Waals surface area contributed by atoms with E-state index in [-0.39, 0.29) is 11.8 Å². The normalized spacial score (nSPS) is 36.8. The Morgan fingerprint density at radius 1 is 1.56 bits per heavy atom. The Bertz CT molecular complexity index is 368. The summed E-state index contributed by atoms with van der Waals surface area (Å²) in [4.78, 5) is 33.7. The fourth-order valence-corrected chi connectivity index (χ4v) is 2.53. The van der Waals surface area contributed by atoms with E-state index in [4.69, 9.17) is 5.11 Å². The van der Waals surface area contributed by atoms with Crippen LogP contribution in [0, 0.1) is 11.8 Å². The van der Waals surface area contributed by atoms with Crippen LogP contribution in [0.25, 0.3) is 0 Å². The van der Waals surface area contributed by atoms with Crippen LogP contribution in [0.15, 0.2) is 0 Å². The van der Waals surface area contributed by atoms with Gasteiger partial charge in [0.15, 0.2) is 0 Å². The highest BCUT2D eigenvalue weighted by molar-refractivity contribution is 6.07. The Labute approximate surface area is 92.4 Å². The highest BCUT2D eigenvalue weighted by Crippen LogP contribution is 2.49. The molecule has 1 saturated carbocycles. The van der Waals surface area contributed by atoms with Gasteiger partial charge in [-0.3, -0.25) is 14.9 Å². The molecule has 1 aliphatic heterocycles. The molecule has 2 rings (SSSR count). The van der Waals surface area contributed by atoms with Crippen LogP contribution in [-0.2, 0) is 9.59 Å². The number of imide groups is 1. The zero-order valence-electron chi connectivity index (χ0n) is 8.95. The summed E-state index contributed by atoms with van der Waals surface area (Å²) in [5, 5.41) is 13.7. The lowest BCUT2D eigenvalue weighted by Crippen LogP contribution is -2.49. The molecule has 1 saturated heterocycles. The molecule has 2 fully saturated rings. The molecule has 3 N–H and O–H groups in total. The first kappa shape index (κ1) is 10.9. The van der Waals surface area contributed by atoms with Gasteiger partial charge in [-0.15, -0.1) is 0 Å². The molecule has 0 radical (unpaired) electrons. The summed E-state index contributed by atoms with van der Waals surface area (Å²) in [6.45, 7) is 1.90. The van der Waals surface area contributed by atoms with Gasteiger partial charge in [-0.05, 0) is 12.8 Å². The second-order valence-electron chi connectivity index (χ2n) is 4.42. The van der Waals surface area contributed by atoms with E-state index in [2.05, 4.69) is 10.6 Å². The van der Waals surface area contributed by atoms with Crippen molar-refractivity contribution in [2.75, 3.05) is 0 Å². The van der Waals surface area contributed by atoms with E-state index in [0.29, 0.717) is 12.8 Å². The van der Waals surface area contributed by atoms with Crippen LogP contribution in [0.5, 0.6) is 0 Å². The molecular formula is C10H14N2O4. The monoisotopic (exact) mass is 226 g/mol. The summed E-state index contributed by atoms with van der Waals surface area (Å²) in [6.07, 6.45) is 1.67. The third-order valence-corrected chi connectivity index (χ3v) is 3.35. The number of carbonyl (C=O) groups is 3. The molecule has 1 aliphatic carbocycles. The van der Waals surface area contributed by atoms with Gasteiger partial charge in [-0.2, -0.15) is 0 Å². The number of carboxylic acid groups (broad SMARTS) is 1. The SMILES string of the molecule is CCCC1([C@H]2C[C@@H]2C(=O)O)NC(=O)NC1=O. The van der Waals surface area contributed by atoms with Crippen LogP contribution < -0.4 is 10.6 Å². The number of aliphatic carboxylic acids is 1. The van der Waals surface area contributed by atoms with Gasteiger partial charge in [0.1, 0.15) is 5.54 Å². The van der Waals surface area contributed by atoms with Crippen LogP contribution in [0.2, 0.25) is 0 Å². The zero-order chi connectivity index (χ0) is 11.9. The highest BCUT2D eigenvalue weighted by atomic mass is 16.4. The van der Waals surface area contributed by atoms with Crippen LogP contribution in [0.3, 0.4) is 0 Å². The smallest absolute Gasteiger partial charge is 0.322 e. The van der Waals surface area contributed by atoms with E-state index in [9.17, 15) is 14.4 Å². The summed E-state index contributed by atoms with van der Waals surface area (Å²) in [6, 6.07) is -0.519. The lowest BCUT2D eigenvalue weighted by Gasteiger charge is -2.25. The van der Waals surface area contributed by atoms with Gasteiger partial charge < -0.3 is 10.4 Å². The second kappa shape index (κ2) is 3.47. The van der Waals surface area contributed by atoms with Crippen molar-refractivity contribution in [2.24, 2.45) is 11.8 Å². The minimum Gasteiger partial charge on any atom is -0.481 e. The third kappa shape index (κ3) is 1.45. The number of carbonyl (C=O) groups excluding carboxylic acids is 2. The predicted octanol–water partition coefficient (Wildman–Crippen LogP) is 0.0854. The van der Waals surface area contributed by atoms with Gasteiger partial charge in [0, 0.05) is 5.92 Å². The molecule has 0 spiro atoms. The Hall–Kier alpha value is -1.59. The minimum absolute atomic E-state index is 0.267. The number of urea groups is 1. The Kier molecular flexibility index (Phi) is 2.36. The number of nitrogens with one attached hydrogen (secondary N) is 2. The third-order valence-electron chi connectivity index (χ3n) is 3.35. The number of carboxylic acids is 1. The van der Waals surface area contributed by atoms with Crippen molar-refractivity contribution >= 4 is 17.9 Å². The van der Waals surface area contributed by atoms with E-state index in [1.54, 1.807) is 0 Å². The van der Waals surface area contributed by atoms with Crippen molar-refractivity contribution in [3.63, 3.8) is 0 Å². The number of amides is 3. The molecule has 0 aromatic heterocycles. The summed E-state index contributed by atoms with van der Waals surface area (Å²) < 4.78 is 0. The zero-order valence-corrected chi connectivity index (χ0v) is 8.95. The fourth-order valence-electron chi connectivity index (χ4n) is 2.53. The van der Waals surface area contributed by atoms with E-state index in [1.165, 1.54) is 0 Å². The molecule has 2 aliphatic rings. The van der Waals surface area contributed by atoms with Crippen molar-refractivity contribution in [3.8, 4) is 0 Å². The molecule has 1 unspecified atom stereocenters. The van der Waals surface area contributed by atoms with Gasteiger partial charge in [0.2, 0.25) is 0 Å². The molecule has 3 atom stereocenters.